The topological polar surface area (TPSA) is 68.3 Å². The molecule has 1 heterocycles. The number of carbonyl (C=O) groups excluding carboxylic acids is 2. The van der Waals surface area contributed by atoms with Gasteiger partial charge in [0.05, 0.1) is 11.6 Å². The Hall–Kier alpha value is -3.21. The second kappa shape index (κ2) is 15.1. The van der Waals surface area contributed by atoms with E-state index in [1.54, 1.807) is 18.3 Å². The van der Waals surface area contributed by atoms with E-state index in [4.69, 9.17) is 4.74 Å². The smallest absolute Gasteiger partial charge is 0.331 e. The van der Waals surface area contributed by atoms with E-state index in [-0.39, 0.29) is 24.0 Å². The molecule has 5 heteroatoms. The monoisotopic (exact) mass is 504 g/mol. The first-order valence-electron chi connectivity index (χ1n) is 13.4. The van der Waals surface area contributed by atoms with Crippen molar-refractivity contribution in [2.45, 2.75) is 86.1 Å². The molecule has 0 fully saturated rings. The van der Waals surface area contributed by atoms with Crippen LogP contribution in [0, 0.1) is 5.41 Å². The summed E-state index contributed by atoms with van der Waals surface area (Å²) in [5.74, 6) is -0.628. The van der Waals surface area contributed by atoms with Crippen LogP contribution < -0.4 is 5.32 Å². The predicted molar refractivity (Wildman–Crippen MR) is 152 cm³/mol. The number of allylic oxidation sites excluding steroid dienone is 9. The van der Waals surface area contributed by atoms with Gasteiger partial charge in [0, 0.05) is 18.5 Å². The lowest BCUT2D eigenvalue weighted by Crippen LogP contribution is -2.38. The number of hydrogen-bond acceptors (Lipinski definition) is 4. The van der Waals surface area contributed by atoms with E-state index >= 15 is 0 Å². The van der Waals surface area contributed by atoms with Gasteiger partial charge in [-0.15, -0.1) is 0 Å². The normalized spacial score (nSPS) is 17.4. The van der Waals surface area contributed by atoms with Gasteiger partial charge in [0.2, 0.25) is 0 Å². The van der Waals surface area contributed by atoms with E-state index in [1.165, 1.54) is 42.7 Å². The molecule has 2 rings (SSSR count). The number of unbranched alkanes of at least 4 members (excludes halogenated alkanes) is 1. The molecule has 1 N–H and O–H groups in total. The van der Waals surface area contributed by atoms with Crippen molar-refractivity contribution in [3.8, 4) is 0 Å². The van der Waals surface area contributed by atoms with Gasteiger partial charge in [-0.05, 0) is 75.1 Å². The van der Waals surface area contributed by atoms with Crippen molar-refractivity contribution in [3.63, 3.8) is 0 Å². The Morgan fingerprint density at radius 3 is 2.68 bits per heavy atom. The molecule has 1 aliphatic carbocycles. The Kier molecular flexibility index (Phi) is 12.3. The lowest BCUT2D eigenvalue weighted by Gasteiger charge is -2.32. The number of carbonyl (C=O) groups is 2. The molecule has 0 saturated carbocycles. The van der Waals surface area contributed by atoms with E-state index < -0.39 is 5.97 Å². The Morgan fingerprint density at radius 1 is 1.22 bits per heavy atom. The predicted octanol–water partition coefficient (Wildman–Crippen LogP) is 7.45. The fourth-order valence-corrected chi connectivity index (χ4v) is 4.50. The quantitative estimate of drug-likeness (QED) is 0.182. The highest BCUT2D eigenvalue weighted by Crippen LogP contribution is 2.40. The molecule has 37 heavy (non-hydrogen) atoms. The standard InChI is InChI=1S/C32H44N2O3/c1-7-8-16-28(34-31(36)27-15-11-20-33-22-27)23-37-30(35)21-25(3)13-9-12-24(2)17-18-29-26(4)14-10-19-32(29,5)6/h9,11-13,15,17-18,20-22,28H,7-8,10,14,16,19,23H2,1-6H3,(H,34,36). The Balaban J connectivity index is 1.90. The SMILES string of the molecule is CCCCC(COC(=O)C=C(C)C=CC=C(C)C=CC1=C(C)CCCC1(C)C)NC(=O)c1cccnc1. The molecule has 1 amide bonds. The third-order valence-electron chi connectivity index (χ3n) is 6.71. The van der Waals surface area contributed by atoms with Gasteiger partial charge in [0.25, 0.3) is 5.91 Å². The minimum Gasteiger partial charge on any atom is -0.460 e. The number of nitrogens with zero attached hydrogens (tertiary/aromatic N) is 1. The van der Waals surface area contributed by atoms with Gasteiger partial charge in [0.1, 0.15) is 6.61 Å². The number of rotatable bonds is 12. The number of hydrogen-bond donors (Lipinski definition) is 1. The maximum absolute atomic E-state index is 12.5. The van der Waals surface area contributed by atoms with Crippen LogP contribution >= 0.6 is 0 Å². The van der Waals surface area contributed by atoms with Crippen LogP contribution in [0.5, 0.6) is 0 Å². The minimum atomic E-state index is -0.415. The highest BCUT2D eigenvalue weighted by molar-refractivity contribution is 5.94. The first-order valence-corrected chi connectivity index (χ1v) is 13.4. The van der Waals surface area contributed by atoms with Crippen LogP contribution in [0.3, 0.4) is 0 Å². The molecule has 1 unspecified atom stereocenters. The third kappa shape index (κ3) is 10.7. The average molecular weight is 505 g/mol. The van der Waals surface area contributed by atoms with Crippen molar-refractivity contribution >= 4 is 11.9 Å². The summed E-state index contributed by atoms with van der Waals surface area (Å²) in [6.07, 6.45) is 21.3. The Labute approximate surface area is 223 Å². The summed E-state index contributed by atoms with van der Waals surface area (Å²) in [6.45, 7) is 13.1. The van der Waals surface area contributed by atoms with Crippen molar-refractivity contribution in [3.05, 3.63) is 88.8 Å². The number of esters is 1. The molecule has 0 bridgehead atoms. The molecule has 5 nitrogen and oxygen atoms in total. The van der Waals surface area contributed by atoms with Gasteiger partial charge in [-0.2, -0.15) is 0 Å². The van der Waals surface area contributed by atoms with Crippen LogP contribution in [0.4, 0.5) is 0 Å². The fraction of sp³-hybridized carbons (Fsp3) is 0.469. The van der Waals surface area contributed by atoms with Gasteiger partial charge >= 0.3 is 5.97 Å². The summed E-state index contributed by atoms with van der Waals surface area (Å²) in [5.41, 5.74) is 5.60. The van der Waals surface area contributed by atoms with Crippen LogP contribution in [0.2, 0.25) is 0 Å². The molecule has 1 aromatic rings. The number of aromatic nitrogens is 1. The highest BCUT2D eigenvalue weighted by atomic mass is 16.5. The number of nitrogens with one attached hydrogen (secondary N) is 1. The average Bonchev–Trinajstić information content (AvgIpc) is 2.85. The van der Waals surface area contributed by atoms with Gasteiger partial charge in [-0.25, -0.2) is 4.79 Å². The van der Waals surface area contributed by atoms with Crippen molar-refractivity contribution < 1.29 is 14.3 Å². The molecule has 0 spiro atoms. The molecule has 1 aliphatic rings. The molecule has 0 aliphatic heterocycles. The third-order valence-corrected chi connectivity index (χ3v) is 6.71. The summed E-state index contributed by atoms with van der Waals surface area (Å²) in [4.78, 5) is 28.8. The van der Waals surface area contributed by atoms with E-state index in [0.29, 0.717) is 5.56 Å². The summed E-state index contributed by atoms with van der Waals surface area (Å²) in [5, 5.41) is 2.96. The number of amides is 1. The maximum atomic E-state index is 12.5. The minimum absolute atomic E-state index is 0.133. The van der Waals surface area contributed by atoms with Crippen molar-refractivity contribution in [1.29, 1.82) is 0 Å². The van der Waals surface area contributed by atoms with Crippen LogP contribution in [0.25, 0.3) is 0 Å². The zero-order valence-electron chi connectivity index (χ0n) is 23.5. The van der Waals surface area contributed by atoms with Gasteiger partial charge in [0.15, 0.2) is 0 Å². The Bertz CT molecular complexity index is 1060. The molecule has 200 valence electrons. The van der Waals surface area contributed by atoms with Crippen molar-refractivity contribution in [2.75, 3.05) is 6.61 Å². The number of ether oxygens (including phenoxy) is 1. The van der Waals surface area contributed by atoms with Gasteiger partial charge in [-0.3, -0.25) is 9.78 Å². The molecule has 1 atom stereocenters. The maximum Gasteiger partial charge on any atom is 0.331 e. The van der Waals surface area contributed by atoms with Crippen LogP contribution in [0.15, 0.2) is 83.3 Å². The fourth-order valence-electron chi connectivity index (χ4n) is 4.50. The van der Waals surface area contributed by atoms with E-state index in [9.17, 15) is 9.59 Å². The molecular weight excluding hydrogens is 460 g/mol. The largest absolute Gasteiger partial charge is 0.460 e. The van der Waals surface area contributed by atoms with Crippen molar-refractivity contribution in [1.82, 2.24) is 10.3 Å². The van der Waals surface area contributed by atoms with Gasteiger partial charge in [-0.1, -0.05) is 75.1 Å². The van der Waals surface area contributed by atoms with Crippen LogP contribution in [-0.4, -0.2) is 29.5 Å². The lowest BCUT2D eigenvalue weighted by atomic mass is 9.72. The lowest BCUT2D eigenvalue weighted by molar-refractivity contribution is -0.138. The van der Waals surface area contributed by atoms with E-state index in [1.807, 2.05) is 25.2 Å². The Morgan fingerprint density at radius 2 is 2.00 bits per heavy atom. The summed E-state index contributed by atoms with van der Waals surface area (Å²) in [6, 6.07) is 3.19. The molecule has 1 aromatic heterocycles. The van der Waals surface area contributed by atoms with E-state index in [0.717, 1.165) is 30.4 Å². The molecule has 0 saturated heterocycles. The summed E-state index contributed by atoms with van der Waals surface area (Å²) >= 11 is 0. The zero-order chi connectivity index (χ0) is 27.3. The zero-order valence-corrected chi connectivity index (χ0v) is 23.5. The number of pyridine rings is 1. The summed E-state index contributed by atoms with van der Waals surface area (Å²) < 4.78 is 5.46. The molecule has 0 aromatic carbocycles. The van der Waals surface area contributed by atoms with Crippen LogP contribution in [0.1, 0.15) is 90.4 Å². The summed E-state index contributed by atoms with van der Waals surface area (Å²) in [7, 11) is 0. The first-order chi connectivity index (χ1) is 17.6. The highest BCUT2D eigenvalue weighted by Gasteiger charge is 2.26. The van der Waals surface area contributed by atoms with Gasteiger partial charge < -0.3 is 10.1 Å². The van der Waals surface area contributed by atoms with Crippen LogP contribution in [-0.2, 0) is 9.53 Å². The molecule has 0 radical (unpaired) electrons. The second-order valence-electron chi connectivity index (χ2n) is 10.6. The second-order valence-corrected chi connectivity index (χ2v) is 10.6. The molecular formula is C32H44N2O3. The first kappa shape index (κ1) is 30.0. The van der Waals surface area contributed by atoms with E-state index in [2.05, 4.69) is 57.1 Å². The van der Waals surface area contributed by atoms with Crippen molar-refractivity contribution in [2.24, 2.45) is 5.41 Å².